The third-order valence-electron chi connectivity index (χ3n) is 2.31. The van der Waals surface area contributed by atoms with E-state index in [1.54, 1.807) is 11.3 Å². The second-order valence-corrected chi connectivity index (χ2v) is 4.89. The molecule has 0 unspecified atom stereocenters. The Balaban J connectivity index is 1.82. The summed E-state index contributed by atoms with van der Waals surface area (Å²) in [4.78, 5) is 13.8. The van der Waals surface area contributed by atoms with Gasteiger partial charge in [0, 0.05) is 29.9 Å². The van der Waals surface area contributed by atoms with Crippen molar-refractivity contribution in [1.29, 1.82) is 0 Å². The predicted molar refractivity (Wildman–Crippen MR) is 55.7 cm³/mol. The molecule has 1 saturated heterocycles. The van der Waals surface area contributed by atoms with Crippen LogP contribution in [0.1, 0.15) is 4.88 Å². The van der Waals surface area contributed by atoms with Crippen molar-refractivity contribution >= 4 is 28.9 Å². The molecule has 1 aromatic rings. The van der Waals surface area contributed by atoms with Gasteiger partial charge in [-0.2, -0.15) is 0 Å². The Morgan fingerprint density at radius 1 is 1.71 bits per heavy atom. The van der Waals surface area contributed by atoms with Crippen LogP contribution in [0.2, 0.25) is 5.02 Å². The number of thiophene rings is 1. The van der Waals surface area contributed by atoms with Crippen LogP contribution in [-0.4, -0.2) is 29.1 Å². The zero-order valence-electron chi connectivity index (χ0n) is 7.44. The number of carboxylic acids is 1. The third kappa shape index (κ3) is 2.08. The Morgan fingerprint density at radius 3 is 2.93 bits per heavy atom. The first-order chi connectivity index (χ1) is 6.65. The largest absolute Gasteiger partial charge is 0.481 e. The van der Waals surface area contributed by atoms with E-state index < -0.39 is 5.97 Å². The summed E-state index contributed by atoms with van der Waals surface area (Å²) in [6, 6.07) is 1.93. The van der Waals surface area contributed by atoms with Gasteiger partial charge in [-0.25, -0.2) is 0 Å². The fourth-order valence-electron chi connectivity index (χ4n) is 1.51. The van der Waals surface area contributed by atoms with E-state index in [9.17, 15) is 4.79 Å². The number of likely N-dealkylation sites (tertiary alicyclic amines) is 1. The molecule has 0 radical (unpaired) electrons. The van der Waals surface area contributed by atoms with E-state index in [-0.39, 0.29) is 5.92 Å². The molecule has 1 fully saturated rings. The molecule has 5 heteroatoms. The summed E-state index contributed by atoms with van der Waals surface area (Å²) in [6.07, 6.45) is 0. The first kappa shape index (κ1) is 9.96. The van der Waals surface area contributed by atoms with E-state index in [1.165, 1.54) is 4.88 Å². The second kappa shape index (κ2) is 3.88. The monoisotopic (exact) mass is 231 g/mol. The summed E-state index contributed by atoms with van der Waals surface area (Å²) < 4.78 is 0. The summed E-state index contributed by atoms with van der Waals surface area (Å²) >= 11 is 7.40. The Kier molecular flexibility index (Phi) is 2.76. The van der Waals surface area contributed by atoms with Crippen LogP contribution in [0.15, 0.2) is 11.4 Å². The van der Waals surface area contributed by atoms with Gasteiger partial charge >= 0.3 is 5.97 Å². The number of rotatable bonds is 3. The van der Waals surface area contributed by atoms with Crippen LogP contribution < -0.4 is 0 Å². The molecular weight excluding hydrogens is 222 g/mol. The van der Waals surface area contributed by atoms with Crippen LogP contribution in [0.5, 0.6) is 0 Å². The van der Waals surface area contributed by atoms with Crippen LogP contribution in [0, 0.1) is 5.92 Å². The quantitative estimate of drug-likeness (QED) is 0.864. The molecule has 76 valence electrons. The molecule has 0 spiro atoms. The van der Waals surface area contributed by atoms with Gasteiger partial charge in [0.1, 0.15) is 0 Å². The van der Waals surface area contributed by atoms with Crippen LogP contribution in [0.3, 0.4) is 0 Å². The van der Waals surface area contributed by atoms with Crippen LogP contribution >= 0.6 is 22.9 Å². The van der Waals surface area contributed by atoms with Crippen molar-refractivity contribution in [2.45, 2.75) is 6.54 Å². The zero-order valence-corrected chi connectivity index (χ0v) is 9.01. The lowest BCUT2D eigenvalue weighted by atomic mass is 10.0. The standard InChI is InChI=1S/C9H10ClNO2S/c10-7-1-8(14-5-7)4-11-2-6(3-11)9(12)13/h1,5-6H,2-4H2,(H,12,13). The van der Waals surface area contributed by atoms with Crippen molar-refractivity contribution in [3.63, 3.8) is 0 Å². The summed E-state index contributed by atoms with van der Waals surface area (Å²) in [5.41, 5.74) is 0. The highest BCUT2D eigenvalue weighted by Crippen LogP contribution is 2.24. The topological polar surface area (TPSA) is 40.5 Å². The Hall–Kier alpha value is -0.580. The minimum Gasteiger partial charge on any atom is -0.481 e. The average molecular weight is 232 g/mol. The Bertz CT molecular complexity index is 346. The molecule has 0 bridgehead atoms. The van der Waals surface area contributed by atoms with Gasteiger partial charge < -0.3 is 5.11 Å². The lowest BCUT2D eigenvalue weighted by Crippen LogP contribution is -2.49. The van der Waals surface area contributed by atoms with Crippen molar-refractivity contribution in [1.82, 2.24) is 4.90 Å². The van der Waals surface area contributed by atoms with Crippen LogP contribution in [0.25, 0.3) is 0 Å². The third-order valence-corrected chi connectivity index (χ3v) is 3.58. The summed E-state index contributed by atoms with van der Waals surface area (Å²) in [6.45, 7) is 2.14. The molecule has 3 nitrogen and oxygen atoms in total. The van der Waals surface area contributed by atoms with E-state index >= 15 is 0 Å². The second-order valence-electron chi connectivity index (χ2n) is 3.46. The lowest BCUT2D eigenvalue weighted by Gasteiger charge is -2.36. The van der Waals surface area contributed by atoms with Crippen molar-refractivity contribution in [3.05, 3.63) is 21.3 Å². The molecule has 0 saturated carbocycles. The molecule has 0 atom stereocenters. The highest BCUT2D eigenvalue weighted by atomic mass is 35.5. The predicted octanol–water partition coefficient (Wildman–Crippen LogP) is 1.92. The van der Waals surface area contributed by atoms with Gasteiger partial charge in [0.15, 0.2) is 0 Å². The summed E-state index contributed by atoms with van der Waals surface area (Å²) in [5.74, 6) is -0.865. The number of carbonyl (C=O) groups is 1. The average Bonchev–Trinajstić information content (AvgIpc) is 2.42. The maximum Gasteiger partial charge on any atom is 0.309 e. The maximum atomic E-state index is 10.5. The van der Waals surface area contributed by atoms with Crippen molar-refractivity contribution in [2.75, 3.05) is 13.1 Å². The number of hydrogen-bond donors (Lipinski definition) is 1. The van der Waals surface area contributed by atoms with Gasteiger partial charge in [-0.05, 0) is 6.07 Å². The van der Waals surface area contributed by atoms with Crippen molar-refractivity contribution in [3.8, 4) is 0 Å². The van der Waals surface area contributed by atoms with Gasteiger partial charge in [0.05, 0.1) is 10.9 Å². The molecular formula is C9H10ClNO2S. The molecule has 2 rings (SSSR count). The molecule has 0 aromatic carbocycles. The fourth-order valence-corrected chi connectivity index (χ4v) is 2.63. The Morgan fingerprint density at radius 2 is 2.43 bits per heavy atom. The van der Waals surface area contributed by atoms with Crippen molar-refractivity contribution < 1.29 is 9.90 Å². The number of halogens is 1. The number of carboxylic acid groups (broad SMARTS) is 1. The first-order valence-corrected chi connectivity index (χ1v) is 5.59. The fraction of sp³-hybridized carbons (Fsp3) is 0.444. The zero-order chi connectivity index (χ0) is 10.1. The minimum atomic E-state index is -0.689. The first-order valence-electron chi connectivity index (χ1n) is 4.33. The van der Waals surface area contributed by atoms with E-state index in [2.05, 4.69) is 4.90 Å². The molecule has 14 heavy (non-hydrogen) atoms. The molecule has 1 aliphatic heterocycles. The van der Waals surface area contributed by atoms with E-state index in [0.29, 0.717) is 13.1 Å². The number of hydrogen-bond acceptors (Lipinski definition) is 3. The summed E-state index contributed by atoms with van der Waals surface area (Å²) in [7, 11) is 0. The normalized spacial score (nSPS) is 18.1. The SMILES string of the molecule is O=C(O)C1CN(Cc2cc(Cl)cs2)C1. The van der Waals surface area contributed by atoms with Gasteiger partial charge in [-0.15, -0.1) is 11.3 Å². The maximum absolute atomic E-state index is 10.5. The Labute approximate surface area is 90.9 Å². The smallest absolute Gasteiger partial charge is 0.309 e. The van der Waals surface area contributed by atoms with Gasteiger partial charge in [0.25, 0.3) is 0 Å². The molecule has 1 aromatic heterocycles. The summed E-state index contributed by atoms with van der Waals surface area (Å²) in [5, 5.41) is 11.3. The lowest BCUT2D eigenvalue weighted by molar-refractivity contribution is -0.147. The highest BCUT2D eigenvalue weighted by molar-refractivity contribution is 7.10. The molecule has 0 aliphatic carbocycles. The minimum absolute atomic E-state index is 0.176. The van der Waals surface area contributed by atoms with Crippen molar-refractivity contribution in [2.24, 2.45) is 5.92 Å². The highest BCUT2D eigenvalue weighted by Gasteiger charge is 2.32. The van der Waals surface area contributed by atoms with Gasteiger partial charge in [-0.3, -0.25) is 9.69 Å². The number of nitrogens with zero attached hydrogens (tertiary/aromatic N) is 1. The van der Waals surface area contributed by atoms with E-state index in [1.807, 2.05) is 11.4 Å². The molecule has 1 N–H and O–H groups in total. The van der Waals surface area contributed by atoms with Crippen LogP contribution in [0.4, 0.5) is 0 Å². The van der Waals surface area contributed by atoms with Gasteiger partial charge in [-0.1, -0.05) is 11.6 Å². The number of aliphatic carboxylic acids is 1. The van der Waals surface area contributed by atoms with E-state index in [4.69, 9.17) is 16.7 Å². The molecule has 1 aliphatic rings. The van der Waals surface area contributed by atoms with Gasteiger partial charge in [0.2, 0.25) is 0 Å². The van der Waals surface area contributed by atoms with Crippen LogP contribution in [-0.2, 0) is 11.3 Å². The van der Waals surface area contributed by atoms with E-state index in [0.717, 1.165) is 11.6 Å². The molecule has 2 heterocycles. The molecule has 0 amide bonds.